The van der Waals surface area contributed by atoms with Gasteiger partial charge in [-0.25, -0.2) is 0 Å². The van der Waals surface area contributed by atoms with E-state index in [-0.39, 0.29) is 5.91 Å². The van der Waals surface area contributed by atoms with Gasteiger partial charge in [-0.15, -0.1) is 10.2 Å². The highest BCUT2D eigenvalue weighted by molar-refractivity contribution is 7.18. The average Bonchev–Trinajstić information content (AvgIpc) is 3.03. The monoisotopic (exact) mass is 379 g/mol. The Kier molecular flexibility index (Phi) is 4.99. The number of nitrogens with one attached hydrogen (secondary N) is 1. The van der Waals surface area contributed by atoms with E-state index in [0.717, 1.165) is 0 Å². The molecule has 3 rings (SSSR count). The van der Waals surface area contributed by atoms with E-state index >= 15 is 0 Å². The minimum absolute atomic E-state index is 0.275. The van der Waals surface area contributed by atoms with Crippen molar-refractivity contribution in [3.63, 3.8) is 0 Å². The fraction of sp³-hybridized carbons (Fsp3) is 0.0625. The van der Waals surface area contributed by atoms with Crippen molar-refractivity contribution >= 4 is 45.6 Å². The summed E-state index contributed by atoms with van der Waals surface area (Å²) in [6.45, 7) is 0. The second kappa shape index (κ2) is 7.17. The lowest BCUT2D eigenvalue weighted by atomic mass is 10.2. The quantitative estimate of drug-likeness (QED) is 0.708. The molecule has 2 aromatic carbocycles. The number of rotatable bonds is 4. The van der Waals surface area contributed by atoms with E-state index in [1.165, 1.54) is 11.3 Å². The van der Waals surface area contributed by atoms with Gasteiger partial charge in [0, 0.05) is 16.1 Å². The first kappa shape index (κ1) is 16.7. The van der Waals surface area contributed by atoms with Crippen molar-refractivity contribution in [1.82, 2.24) is 10.2 Å². The average molecular weight is 380 g/mol. The molecule has 0 fully saturated rings. The first-order valence-corrected chi connectivity index (χ1v) is 8.38. The maximum absolute atomic E-state index is 12.2. The predicted molar refractivity (Wildman–Crippen MR) is 96.3 cm³/mol. The zero-order chi connectivity index (χ0) is 17.1. The molecular weight excluding hydrogens is 369 g/mol. The first-order valence-electron chi connectivity index (χ1n) is 6.81. The number of amides is 1. The summed E-state index contributed by atoms with van der Waals surface area (Å²) in [5, 5.41) is 12.8. The largest absolute Gasteiger partial charge is 0.497 e. The molecule has 1 N–H and O–H groups in total. The number of nitrogens with zero attached hydrogens (tertiary/aromatic N) is 2. The lowest BCUT2D eigenvalue weighted by Crippen LogP contribution is -2.11. The maximum Gasteiger partial charge on any atom is 0.257 e. The molecule has 0 aliphatic carbocycles. The molecule has 1 heterocycles. The molecule has 0 saturated carbocycles. The van der Waals surface area contributed by atoms with Gasteiger partial charge in [0.25, 0.3) is 5.91 Å². The Morgan fingerprint density at radius 1 is 1.12 bits per heavy atom. The normalized spacial score (nSPS) is 10.5. The van der Waals surface area contributed by atoms with Crippen LogP contribution in [-0.2, 0) is 0 Å². The molecule has 3 aromatic rings. The number of halogens is 2. The molecule has 1 amide bonds. The Morgan fingerprint density at radius 3 is 2.54 bits per heavy atom. The molecule has 1 aromatic heterocycles. The van der Waals surface area contributed by atoms with Crippen LogP contribution in [0.25, 0.3) is 10.6 Å². The van der Waals surface area contributed by atoms with E-state index in [1.807, 2.05) is 0 Å². The van der Waals surface area contributed by atoms with Crippen LogP contribution in [-0.4, -0.2) is 23.2 Å². The maximum atomic E-state index is 12.2. The highest BCUT2D eigenvalue weighted by atomic mass is 35.5. The Bertz CT molecular complexity index is 881. The molecular formula is C16H11Cl2N3O2S. The molecule has 0 spiro atoms. The van der Waals surface area contributed by atoms with Crippen molar-refractivity contribution in [2.75, 3.05) is 12.4 Å². The van der Waals surface area contributed by atoms with Crippen molar-refractivity contribution in [2.24, 2.45) is 0 Å². The zero-order valence-corrected chi connectivity index (χ0v) is 14.7. The van der Waals surface area contributed by atoms with Crippen LogP contribution in [0.5, 0.6) is 5.75 Å². The molecule has 0 unspecified atom stereocenters. The fourth-order valence-electron chi connectivity index (χ4n) is 1.96. The number of hydrogen-bond acceptors (Lipinski definition) is 5. The van der Waals surface area contributed by atoms with E-state index < -0.39 is 0 Å². The summed E-state index contributed by atoms with van der Waals surface area (Å²) in [6.07, 6.45) is 0. The third kappa shape index (κ3) is 3.67. The van der Waals surface area contributed by atoms with Crippen LogP contribution < -0.4 is 10.1 Å². The van der Waals surface area contributed by atoms with E-state index in [0.29, 0.717) is 37.1 Å². The third-order valence-electron chi connectivity index (χ3n) is 3.16. The number of methoxy groups -OCH3 is 1. The number of carbonyl (C=O) groups excluding carboxylic acids is 1. The smallest absolute Gasteiger partial charge is 0.257 e. The SMILES string of the molecule is COc1ccc(C(=O)Nc2nnc(-c3ccc(Cl)cc3Cl)s2)cc1. The second-order valence-electron chi connectivity index (χ2n) is 4.72. The van der Waals surface area contributed by atoms with Gasteiger partial charge in [-0.1, -0.05) is 34.5 Å². The van der Waals surface area contributed by atoms with Gasteiger partial charge in [-0.3, -0.25) is 10.1 Å². The van der Waals surface area contributed by atoms with Crippen molar-refractivity contribution in [2.45, 2.75) is 0 Å². The van der Waals surface area contributed by atoms with Gasteiger partial charge in [0.2, 0.25) is 5.13 Å². The van der Waals surface area contributed by atoms with Gasteiger partial charge >= 0.3 is 0 Å². The Hall–Kier alpha value is -2.15. The molecule has 5 nitrogen and oxygen atoms in total. The van der Waals surface area contributed by atoms with Crippen molar-refractivity contribution in [3.8, 4) is 16.3 Å². The van der Waals surface area contributed by atoms with E-state index in [4.69, 9.17) is 27.9 Å². The molecule has 122 valence electrons. The standard InChI is InChI=1S/C16H11Cl2N3O2S/c1-23-11-5-2-9(3-6-11)14(22)19-16-21-20-15(24-16)12-7-4-10(17)8-13(12)18/h2-8H,1H3,(H,19,21,22). The van der Waals surface area contributed by atoms with Gasteiger partial charge < -0.3 is 4.74 Å². The van der Waals surface area contributed by atoms with Crippen LogP contribution >= 0.6 is 34.5 Å². The van der Waals surface area contributed by atoms with Crippen molar-refractivity contribution < 1.29 is 9.53 Å². The molecule has 0 aliphatic heterocycles. The number of ether oxygens (including phenoxy) is 1. The third-order valence-corrected chi connectivity index (χ3v) is 4.58. The van der Waals surface area contributed by atoms with Gasteiger partial charge in [0.1, 0.15) is 5.75 Å². The molecule has 8 heteroatoms. The highest BCUT2D eigenvalue weighted by Crippen LogP contribution is 2.33. The van der Waals surface area contributed by atoms with Crippen LogP contribution in [0, 0.1) is 0 Å². The summed E-state index contributed by atoms with van der Waals surface area (Å²) < 4.78 is 5.07. The lowest BCUT2D eigenvalue weighted by Gasteiger charge is -2.03. The molecule has 0 radical (unpaired) electrons. The lowest BCUT2D eigenvalue weighted by molar-refractivity contribution is 0.102. The first-order chi connectivity index (χ1) is 11.6. The van der Waals surface area contributed by atoms with Gasteiger partial charge in [-0.05, 0) is 42.5 Å². The van der Waals surface area contributed by atoms with Gasteiger partial charge in [0.15, 0.2) is 5.01 Å². The summed E-state index contributed by atoms with van der Waals surface area (Å²) in [5.74, 6) is 0.407. The van der Waals surface area contributed by atoms with Crippen molar-refractivity contribution in [3.05, 3.63) is 58.1 Å². The van der Waals surface area contributed by atoms with Crippen LogP contribution in [0.3, 0.4) is 0 Å². The van der Waals surface area contributed by atoms with Gasteiger partial charge in [0.05, 0.1) is 12.1 Å². The van der Waals surface area contributed by atoms with Crippen LogP contribution in [0.4, 0.5) is 5.13 Å². The van der Waals surface area contributed by atoms with Crippen LogP contribution in [0.1, 0.15) is 10.4 Å². The van der Waals surface area contributed by atoms with Crippen LogP contribution in [0.15, 0.2) is 42.5 Å². The van der Waals surface area contributed by atoms with Crippen LogP contribution in [0.2, 0.25) is 10.0 Å². The molecule has 0 bridgehead atoms. The van der Waals surface area contributed by atoms with E-state index in [9.17, 15) is 4.79 Å². The fourth-order valence-corrected chi connectivity index (χ4v) is 3.29. The summed E-state index contributed by atoms with van der Waals surface area (Å²) in [5.41, 5.74) is 1.21. The zero-order valence-electron chi connectivity index (χ0n) is 12.4. The number of carbonyl (C=O) groups is 1. The van der Waals surface area contributed by atoms with Gasteiger partial charge in [-0.2, -0.15) is 0 Å². The van der Waals surface area contributed by atoms with E-state index in [1.54, 1.807) is 49.6 Å². The molecule has 0 saturated heterocycles. The predicted octanol–water partition coefficient (Wildman–Crippen LogP) is 4.77. The number of anilines is 1. The van der Waals surface area contributed by atoms with Crippen molar-refractivity contribution in [1.29, 1.82) is 0 Å². The Balaban J connectivity index is 1.76. The minimum atomic E-state index is -0.275. The Morgan fingerprint density at radius 2 is 1.88 bits per heavy atom. The topological polar surface area (TPSA) is 64.1 Å². The summed E-state index contributed by atoms with van der Waals surface area (Å²) >= 11 is 13.3. The summed E-state index contributed by atoms with van der Waals surface area (Å²) in [7, 11) is 1.57. The minimum Gasteiger partial charge on any atom is -0.497 e. The second-order valence-corrected chi connectivity index (χ2v) is 6.54. The van der Waals surface area contributed by atoms with E-state index in [2.05, 4.69) is 15.5 Å². The molecule has 0 atom stereocenters. The number of aromatic nitrogens is 2. The molecule has 0 aliphatic rings. The highest BCUT2D eigenvalue weighted by Gasteiger charge is 2.13. The Labute approximate surface area is 152 Å². The molecule has 24 heavy (non-hydrogen) atoms. The summed E-state index contributed by atoms with van der Waals surface area (Å²) in [4.78, 5) is 12.2. The number of benzene rings is 2. The number of hydrogen-bond donors (Lipinski definition) is 1. The summed E-state index contributed by atoms with van der Waals surface area (Å²) in [6, 6.07) is 11.9.